The first-order valence-corrected chi connectivity index (χ1v) is 8.96. The minimum atomic E-state index is -3.72. The normalized spacial score (nSPS) is 12.5. The van der Waals surface area contributed by atoms with Crippen LogP contribution in [0.3, 0.4) is 0 Å². The van der Waals surface area contributed by atoms with Crippen molar-refractivity contribution < 1.29 is 13.2 Å². The topological polar surface area (TPSA) is 92.5 Å². The van der Waals surface area contributed by atoms with Crippen LogP contribution in [-0.4, -0.2) is 26.4 Å². The summed E-state index contributed by atoms with van der Waals surface area (Å²) < 4.78 is 22.6. The molecule has 24 heavy (non-hydrogen) atoms. The standard InChI is InChI=1S/C17H21N3O3S/c1-12-4-8-15(9-5-12)19-17(21)20(3)13(2)14-6-10-16(11-7-14)24(18,22)23/h4-11,13H,1-3H3,(H,19,21)(H2,18,22,23)/t13-/m1/s1. The molecule has 0 aromatic heterocycles. The van der Waals surface area contributed by atoms with Gasteiger partial charge in [-0.15, -0.1) is 0 Å². The molecule has 1 atom stereocenters. The molecule has 128 valence electrons. The maximum absolute atomic E-state index is 12.3. The summed E-state index contributed by atoms with van der Waals surface area (Å²) in [7, 11) is -2.04. The van der Waals surface area contributed by atoms with Gasteiger partial charge in [-0.1, -0.05) is 29.8 Å². The number of hydrogen-bond donors (Lipinski definition) is 2. The Bertz CT molecular complexity index is 815. The fraction of sp³-hybridized carbons (Fsp3) is 0.235. The average molecular weight is 347 g/mol. The Balaban J connectivity index is 2.09. The summed E-state index contributed by atoms with van der Waals surface area (Å²) in [6.45, 7) is 3.84. The maximum Gasteiger partial charge on any atom is 0.322 e. The summed E-state index contributed by atoms with van der Waals surface area (Å²) in [6, 6.07) is 13.2. The number of carbonyl (C=O) groups is 1. The van der Waals surface area contributed by atoms with Crippen LogP contribution in [0.25, 0.3) is 0 Å². The van der Waals surface area contributed by atoms with Crippen molar-refractivity contribution >= 4 is 21.7 Å². The Hall–Kier alpha value is -2.38. The van der Waals surface area contributed by atoms with E-state index in [1.807, 2.05) is 38.1 Å². The number of aryl methyl sites for hydroxylation is 1. The predicted octanol–water partition coefficient (Wildman–Crippen LogP) is 2.87. The molecule has 2 aromatic rings. The van der Waals surface area contributed by atoms with E-state index < -0.39 is 10.0 Å². The molecule has 0 spiro atoms. The predicted molar refractivity (Wildman–Crippen MR) is 94.2 cm³/mol. The molecule has 2 rings (SSSR count). The van der Waals surface area contributed by atoms with Crippen LogP contribution in [-0.2, 0) is 10.0 Å². The van der Waals surface area contributed by atoms with Gasteiger partial charge in [0.1, 0.15) is 0 Å². The van der Waals surface area contributed by atoms with Gasteiger partial charge in [0.25, 0.3) is 0 Å². The van der Waals surface area contributed by atoms with E-state index >= 15 is 0 Å². The fourth-order valence-corrected chi connectivity index (χ4v) is 2.70. The Morgan fingerprint density at radius 2 is 1.62 bits per heavy atom. The van der Waals surface area contributed by atoms with E-state index in [9.17, 15) is 13.2 Å². The Morgan fingerprint density at radius 3 is 2.12 bits per heavy atom. The van der Waals surface area contributed by atoms with Crippen molar-refractivity contribution in [1.82, 2.24) is 4.90 Å². The van der Waals surface area contributed by atoms with E-state index in [1.54, 1.807) is 24.1 Å². The third kappa shape index (κ3) is 4.33. The third-order valence-corrected chi connectivity index (χ3v) is 4.82. The first-order chi connectivity index (χ1) is 11.2. The van der Waals surface area contributed by atoms with Crippen molar-refractivity contribution in [1.29, 1.82) is 0 Å². The molecule has 0 aliphatic heterocycles. The van der Waals surface area contributed by atoms with Gasteiger partial charge in [-0.05, 0) is 43.7 Å². The van der Waals surface area contributed by atoms with Crippen LogP contribution in [0.5, 0.6) is 0 Å². The number of amides is 2. The molecule has 2 amide bonds. The number of carbonyl (C=O) groups excluding carboxylic acids is 1. The number of nitrogens with two attached hydrogens (primary N) is 1. The second kappa shape index (κ2) is 7.02. The second-order valence-corrected chi connectivity index (χ2v) is 7.26. The van der Waals surface area contributed by atoms with Gasteiger partial charge in [0.05, 0.1) is 10.9 Å². The number of nitrogens with zero attached hydrogens (tertiary/aromatic N) is 1. The Labute approximate surface area is 142 Å². The van der Waals surface area contributed by atoms with E-state index in [-0.39, 0.29) is 17.0 Å². The Morgan fingerprint density at radius 1 is 1.08 bits per heavy atom. The molecule has 0 radical (unpaired) electrons. The van der Waals surface area contributed by atoms with E-state index in [4.69, 9.17) is 5.14 Å². The van der Waals surface area contributed by atoms with Gasteiger partial charge >= 0.3 is 6.03 Å². The minimum absolute atomic E-state index is 0.0465. The lowest BCUT2D eigenvalue weighted by molar-refractivity contribution is 0.208. The SMILES string of the molecule is Cc1ccc(NC(=O)N(C)[C@H](C)c2ccc(S(N)(=O)=O)cc2)cc1. The molecule has 3 N–H and O–H groups in total. The van der Waals surface area contributed by atoms with Gasteiger partial charge < -0.3 is 10.2 Å². The zero-order chi connectivity index (χ0) is 17.9. The van der Waals surface area contributed by atoms with Crippen LogP contribution in [0.1, 0.15) is 24.1 Å². The zero-order valence-electron chi connectivity index (χ0n) is 13.9. The number of nitrogens with one attached hydrogen (secondary N) is 1. The molecule has 6 nitrogen and oxygen atoms in total. The first-order valence-electron chi connectivity index (χ1n) is 7.42. The number of rotatable bonds is 4. The molecule has 0 saturated heterocycles. The second-order valence-electron chi connectivity index (χ2n) is 5.70. The number of hydrogen-bond acceptors (Lipinski definition) is 3. The van der Waals surface area contributed by atoms with Crippen LogP contribution >= 0.6 is 0 Å². The number of benzene rings is 2. The number of primary sulfonamides is 1. The van der Waals surface area contributed by atoms with Crippen molar-refractivity contribution in [3.8, 4) is 0 Å². The summed E-state index contributed by atoms with van der Waals surface area (Å²) in [5.74, 6) is 0. The molecule has 7 heteroatoms. The zero-order valence-corrected chi connectivity index (χ0v) is 14.7. The summed E-state index contributed by atoms with van der Waals surface area (Å²) in [6.07, 6.45) is 0. The summed E-state index contributed by atoms with van der Waals surface area (Å²) in [5, 5.41) is 7.91. The molecule has 0 bridgehead atoms. The van der Waals surface area contributed by atoms with E-state index in [2.05, 4.69) is 5.32 Å². The minimum Gasteiger partial charge on any atom is -0.321 e. The summed E-state index contributed by atoms with van der Waals surface area (Å²) >= 11 is 0. The molecule has 0 saturated carbocycles. The average Bonchev–Trinajstić information content (AvgIpc) is 2.55. The highest BCUT2D eigenvalue weighted by Crippen LogP contribution is 2.21. The molecule has 0 aliphatic carbocycles. The highest BCUT2D eigenvalue weighted by molar-refractivity contribution is 7.89. The van der Waals surface area contributed by atoms with Crippen LogP contribution in [0.15, 0.2) is 53.4 Å². The van der Waals surface area contributed by atoms with Crippen LogP contribution in [0.4, 0.5) is 10.5 Å². The van der Waals surface area contributed by atoms with Gasteiger partial charge in [-0.2, -0.15) is 0 Å². The quantitative estimate of drug-likeness (QED) is 0.890. The van der Waals surface area contributed by atoms with Gasteiger partial charge in [0.2, 0.25) is 10.0 Å². The van der Waals surface area contributed by atoms with Crippen LogP contribution in [0, 0.1) is 6.92 Å². The summed E-state index contributed by atoms with van der Waals surface area (Å²) in [5.41, 5.74) is 2.64. The van der Waals surface area contributed by atoms with Crippen LogP contribution < -0.4 is 10.5 Å². The molecule has 0 aliphatic rings. The van der Waals surface area contributed by atoms with Gasteiger partial charge in [-0.25, -0.2) is 18.4 Å². The first kappa shape index (κ1) is 18.0. The largest absolute Gasteiger partial charge is 0.322 e. The lowest BCUT2D eigenvalue weighted by Gasteiger charge is -2.25. The van der Waals surface area contributed by atoms with Crippen LogP contribution in [0.2, 0.25) is 0 Å². The lowest BCUT2D eigenvalue weighted by atomic mass is 10.1. The molecular weight excluding hydrogens is 326 g/mol. The van der Waals surface area contributed by atoms with Crippen molar-refractivity contribution in [2.45, 2.75) is 24.8 Å². The number of sulfonamides is 1. The van der Waals surface area contributed by atoms with E-state index in [1.165, 1.54) is 12.1 Å². The van der Waals surface area contributed by atoms with Crippen molar-refractivity contribution in [2.75, 3.05) is 12.4 Å². The molecular formula is C17H21N3O3S. The van der Waals surface area contributed by atoms with Gasteiger partial charge in [0.15, 0.2) is 0 Å². The number of urea groups is 1. The highest BCUT2D eigenvalue weighted by Gasteiger charge is 2.18. The van der Waals surface area contributed by atoms with Gasteiger partial charge in [0, 0.05) is 12.7 Å². The lowest BCUT2D eigenvalue weighted by Crippen LogP contribution is -2.33. The van der Waals surface area contributed by atoms with Crippen molar-refractivity contribution in [3.05, 3.63) is 59.7 Å². The van der Waals surface area contributed by atoms with E-state index in [0.29, 0.717) is 5.69 Å². The van der Waals surface area contributed by atoms with E-state index in [0.717, 1.165) is 11.1 Å². The third-order valence-electron chi connectivity index (χ3n) is 3.90. The smallest absolute Gasteiger partial charge is 0.321 e. The molecule has 0 fully saturated rings. The molecule has 0 heterocycles. The maximum atomic E-state index is 12.3. The summed E-state index contributed by atoms with van der Waals surface area (Å²) in [4.78, 5) is 13.9. The van der Waals surface area contributed by atoms with Crippen molar-refractivity contribution in [3.63, 3.8) is 0 Å². The van der Waals surface area contributed by atoms with Gasteiger partial charge in [-0.3, -0.25) is 0 Å². The van der Waals surface area contributed by atoms with Crippen molar-refractivity contribution in [2.24, 2.45) is 5.14 Å². The monoisotopic (exact) mass is 347 g/mol. The Kier molecular flexibility index (Phi) is 5.26. The highest BCUT2D eigenvalue weighted by atomic mass is 32.2. The molecule has 0 unspecified atom stereocenters. The fourth-order valence-electron chi connectivity index (χ4n) is 2.18. The molecule has 2 aromatic carbocycles. The number of anilines is 1.